The molecule has 2 aliphatic rings. The molecule has 220 valence electrons. The highest BCUT2D eigenvalue weighted by molar-refractivity contribution is 7.12. The second-order valence-corrected chi connectivity index (χ2v) is 13.6. The first-order valence-electron chi connectivity index (χ1n) is 15.5. The molecular formula is C34H44N2O4S. The third-order valence-corrected chi connectivity index (χ3v) is 10.4. The van der Waals surface area contributed by atoms with Gasteiger partial charge in [-0.25, -0.2) is 9.78 Å². The maximum absolute atomic E-state index is 13.4. The third-order valence-electron chi connectivity index (χ3n) is 9.01. The fourth-order valence-corrected chi connectivity index (χ4v) is 7.49. The number of carbonyl (C=O) groups excluding carboxylic acids is 1. The SMILES string of the molecule is CCC1CCC(Oc2ccc3cc(C(=O)N[C@@H](Cc4ccc(C(C)C)s4)C(=O)O)nc(CC4CCCC4)c3c2)CC1. The minimum absolute atomic E-state index is 0.249. The molecule has 5 rings (SSSR count). The van der Waals surface area contributed by atoms with Crippen molar-refractivity contribution in [3.05, 3.63) is 57.5 Å². The van der Waals surface area contributed by atoms with E-state index in [1.54, 1.807) is 17.4 Å². The zero-order chi connectivity index (χ0) is 28.9. The first kappa shape index (κ1) is 29.6. The number of benzene rings is 1. The van der Waals surface area contributed by atoms with Gasteiger partial charge in [-0.05, 0) is 85.6 Å². The number of fused-ring (bicyclic) bond motifs is 1. The molecule has 2 N–H and O–H groups in total. The molecule has 3 aromatic rings. The summed E-state index contributed by atoms with van der Waals surface area (Å²) in [5.41, 5.74) is 1.18. The number of aromatic nitrogens is 1. The number of carbonyl (C=O) groups is 2. The summed E-state index contributed by atoms with van der Waals surface area (Å²) in [7, 11) is 0. The number of ether oxygens (including phenoxy) is 1. The van der Waals surface area contributed by atoms with Crippen molar-refractivity contribution >= 4 is 34.0 Å². The van der Waals surface area contributed by atoms with Crippen LogP contribution in [0.25, 0.3) is 10.8 Å². The van der Waals surface area contributed by atoms with Crippen LogP contribution in [0.3, 0.4) is 0 Å². The Bertz CT molecular complexity index is 1350. The molecule has 1 atom stereocenters. The summed E-state index contributed by atoms with van der Waals surface area (Å²) >= 11 is 1.60. The molecule has 0 spiro atoms. The quantitative estimate of drug-likeness (QED) is 0.242. The standard InChI is InChI=1S/C34H44N2O4S/c1-4-22-9-12-25(13-10-22)40-26-14-11-24-18-30(35-29(28(24)19-26)17-23-7-5-6-8-23)33(37)36-31(34(38)39)20-27-15-16-32(41-27)21(2)3/h11,14-16,18-19,21-23,25,31H,4-10,12-13,17,20H2,1-3H3,(H,36,37)(H,38,39)/t22?,25?,31-/m0/s1. The maximum Gasteiger partial charge on any atom is 0.326 e. The fourth-order valence-electron chi connectivity index (χ4n) is 6.43. The highest BCUT2D eigenvalue weighted by Gasteiger charge is 2.25. The number of nitrogens with one attached hydrogen (secondary N) is 1. The van der Waals surface area contributed by atoms with Gasteiger partial charge in [-0.15, -0.1) is 11.3 Å². The number of carboxylic acid groups (broad SMARTS) is 1. The number of thiophene rings is 1. The Morgan fingerprint density at radius 1 is 1.02 bits per heavy atom. The van der Waals surface area contributed by atoms with Crippen LogP contribution >= 0.6 is 11.3 Å². The van der Waals surface area contributed by atoms with E-state index in [1.165, 1.54) is 49.8 Å². The third kappa shape index (κ3) is 7.48. The van der Waals surface area contributed by atoms with Crippen LogP contribution in [-0.2, 0) is 17.6 Å². The Hall–Kier alpha value is -2.93. The Balaban J connectivity index is 1.37. The van der Waals surface area contributed by atoms with E-state index in [9.17, 15) is 14.7 Å². The van der Waals surface area contributed by atoms with Crippen molar-refractivity contribution in [3.63, 3.8) is 0 Å². The smallest absolute Gasteiger partial charge is 0.326 e. The first-order valence-corrected chi connectivity index (χ1v) is 16.3. The minimum atomic E-state index is -1.04. The van der Waals surface area contributed by atoms with E-state index >= 15 is 0 Å². The van der Waals surface area contributed by atoms with Gasteiger partial charge in [-0.2, -0.15) is 0 Å². The van der Waals surface area contributed by atoms with Crippen molar-refractivity contribution < 1.29 is 19.4 Å². The van der Waals surface area contributed by atoms with E-state index in [0.717, 1.165) is 52.3 Å². The molecule has 1 aromatic carbocycles. The molecule has 2 fully saturated rings. The van der Waals surface area contributed by atoms with Crippen molar-refractivity contribution in [1.29, 1.82) is 0 Å². The summed E-state index contributed by atoms with van der Waals surface area (Å²) in [5.74, 6) is 1.14. The Labute approximate surface area is 247 Å². The topological polar surface area (TPSA) is 88.5 Å². The van der Waals surface area contributed by atoms with Gasteiger partial charge in [0.1, 0.15) is 17.5 Å². The van der Waals surface area contributed by atoms with Crippen molar-refractivity contribution in [2.75, 3.05) is 0 Å². The molecule has 7 heteroatoms. The number of nitrogens with zero attached hydrogens (tertiary/aromatic N) is 1. The Kier molecular flexibility index (Phi) is 9.64. The van der Waals surface area contributed by atoms with E-state index in [0.29, 0.717) is 11.8 Å². The van der Waals surface area contributed by atoms with Crippen molar-refractivity contribution in [3.8, 4) is 5.75 Å². The zero-order valence-corrected chi connectivity index (χ0v) is 25.5. The van der Waals surface area contributed by atoms with Gasteiger partial charge in [0.2, 0.25) is 0 Å². The van der Waals surface area contributed by atoms with Crippen LogP contribution in [-0.4, -0.2) is 34.1 Å². The number of aliphatic carboxylic acids is 1. The van der Waals surface area contributed by atoms with Crippen LogP contribution in [0.15, 0.2) is 36.4 Å². The number of hydrogen-bond donors (Lipinski definition) is 2. The molecule has 2 heterocycles. The fraction of sp³-hybridized carbons (Fsp3) is 0.559. The lowest BCUT2D eigenvalue weighted by molar-refractivity contribution is -0.139. The van der Waals surface area contributed by atoms with Gasteiger partial charge < -0.3 is 15.2 Å². The molecule has 0 aliphatic heterocycles. The summed E-state index contributed by atoms with van der Waals surface area (Å²) in [4.78, 5) is 32.6. The average molecular weight is 577 g/mol. The number of hydrogen-bond acceptors (Lipinski definition) is 5. The van der Waals surface area contributed by atoms with Crippen LogP contribution in [0, 0.1) is 11.8 Å². The van der Waals surface area contributed by atoms with E-state index in [-0.39, 0.29) is 18.2 Å². The number of rotatable bonds is 11. The van der Waals surface area contributed by atoms with Gasteiger partial charge in [0.15, 0.2) is 0 Å². The average Bonchev–Trinajstić information content (AvgIpc) is 3.66. The molecule has 0 bridgehead atoms. The van der Waals surface area contributed by atoms with Gasteiger partial charge in [-0.1, -0.05) is 58.9 Å². The van der Waals surface area contributed by atoms with Crippen molar-refractivity contribution in [2.24, 2.45) is 11.8 Å². The molecule has 2 saturated carbocycles. The maximum atomic E-state index is 13.4. The first-order chi connectivity index (χ1) is 19.8. The Morgan fingerprint density at radius 3 is 2.44 bits per heavy atom. The lowest BCUT2D eigenvalue weighted by Crippen LogP contribution is -2.42. The van der Waals surface area contributed by atoms with E-state index in [2.05, 4.69) is 32.2 Å². The second kappa shape index (κ2) is 13.4. The molecular weight excluding hydrogens is 532 g/mol. The van der Waals surface area contributed by atoms with Crippen molar-refractivity contribution in [2.45, 2.75) is 109 Å². The van der Waals surface area contributed by atoms with Crippen LogP contribution in [0.5, 0.6) is 5.75 Å². The predicted octanol–water partition coefficient (Wildman–Crippen LogP) is 7.93. The number of amides is 1. The predicted molar refractivity (Wildman–Crippen MR) is 165 cm³/mol. The summed E-state index contributed by atoms with van der Waals surface area (Å²) in [6, 6.07) is 10.9. The highest BCUT2D eigenvalue weighted by atomic mass is 32.1. The Morgan fingerprint density at radius 2 is 1.78 bits per heavy atom. The number of carboxylic acids is 1. The van der Waals surface area contributed by atoms with Gasteiger partial charge in [0.25, 0.3) is 5.91 Å². The molecule has 2 aromatic heterocycles. The summed E-state index contributed by atoms with van der Waals surface area (Å²) in [6.45, 7) is 6.51. The highest BCUT2D eigenvalue weighted by Crippen LogP contribution is 2.34. The molecule has 0 unspecified atom stereocenters. The normalized spacial score (nSPS) is 20.4. The van der Waals surface area contributed by atoms with E-state index in [4.69, 9.17) is 9.72 Å². The van der Waals surface area contributed by atoms with E-state index in [1.807, 2.05) is 24.3 Å². The van der Waals surface area contributed by atoms with Gasteiger partial charge >= 0.3 is 5.97 Å². The molecule has 2 aliphatic carbocycles. The van der Waals surface area contributed by atoms with Gasteiger partial charge in [-0.3, -0.25) is 4.79 Å². The molecule has 6 nitrogen and oxygen atoms in total. The molecule has 41 heavy (non-hydrogen) atoms. The van der Waals surface area contributed by atoms with Crippen LogP contribution < -0.4 is 10.1 Å². The number of pyridine rings is 1. The lowest BCUT2D eigenvalue weighted by Gasteiger charge is -2.28. The van der Waals surface area contributed by atoms with Crippen LogP contribution in [0.1, 0.15) is 110 Å². The molecule has 0 saturated heterocycles. The monoisotopic (exact) mass is 576 g/mol. The van der Waals surface area contributed by atoms with Crippen LogP contribution in [0.4, 0.5) is 0 Å². The summed E-state index contributed by atoms with van der Waals surface area (Å²) in [5, 5.41) is 14.6. The summed E-state index contributed by atoms with van der Waals surface area (Å²) < 4.78 is 6.44. The van der Waals surface area contributed by atoms with Gasteiger partial charge in [0, 0.05) is 27.3 Å². The zero-order valence-electron chi connectivity index (χ0n) is 24.7. The summed E-state index contributed by atoms with van der Waals surface area (Å²) in [6.07, 6.45) is 12.0. The van der Waals surface area contributed by atoms with Crippen LogP contribution in [0.2, 0.25) is 0 Å². The molecule has 1 amide bonds. The minimum Gasteiger partial charge on any atom is -0.490 e. The lowest BCUT2D eigenvalue weighted by atomic mass is 9.86. The largest absolute Gasteiger partial charge is 0.490 e. The van der Waals surface area contributed by atoms with Gasteiger partial charge in [0.05, 0.1) is 6.10 Å². The second-order valence-electron chi connectivity index (χ2n) is 12.4. The molecule has 0 radical (unpaired) electrons. The van der Waals surface area contributed by atoms with Crippen molar-refractivity contribution in [1.82, 2.24) is 10.3 Å². The van der Waals surface area contributed by atoms with E-state index < -0.39 is 17.9 Å².